The van der Waals surface area contributed by atoms with Gasteiger partial charge >= 0.3 is 0 Å². The summed E-state index contributed by atoms with van der Waals surface area (Å²) in [5.41, 5.74) is 2.90. The van der Waals surface area contributed by atoms with Gasteiger partial charge in [0.05, 0.1) is 24.4 Å². The first kappa shape index (κ1) is 32.5. The minimum Gasteiger partial charge on any atom is -0.222 e. The first-order chi connectivity index (χ1) is 23.7. The number of hydrogen-bond donors (Lipinski definition) is 0. The predicted molar refractivity (Wildman–Crippen MR) is 219 cm³/mol. The van der Waals surface area contributed by atoms with Gasteiger partial charge in [0.2, 0.25) is 0 Å². The largest absolute Gasteiger partial charge is 0.222 e. The first-order valence-corrected chi connectivity index (χ1v) is 22.2. The third kappa shape index (κ3) is 6.36. The molecule has 0 unspecified atom stereocenters. The van der Waals surface area contributed by atoms with Crippen molar-refractivity contribution in [2.45, 2.75) is 78.1 Å². The average molecular weight is 739 g/mol. The van der Waals surface area contributed by atoms with Crippen LogP contribution in [0.1, 0.15) is 76.3 Å². The summed E-state index contributed by atoms with van der Waals surface area (Å²) in [6, 6.07) is 22.6. The van der Waals surface area contributed by atoms with E-state index in [1.165, 1.54) is 113 Å². The molecule has 0 bridgehead atoms. The maximum atomic E-state index is 5.28. The van der Waals surface area contributed by atoms with Crippen molar-refractivity contribution in [3.63, 3.8) is 0 Å². The number of benzene rings is 2. The molecule has 0 N–H and O–H groups in total. The second-order valence-electron chi connectivity index (χ2n) is 12.5. The lowest BCUT2D eigenvalue weighted by atomic mass is 10.1. The van der Waals surface area contributed by atoms with Gasteiger partial charge in [0.15, 0.2) is 9.66 Å². The summed E-state index contributed by atoms with van der Waals surface area (Å²) in [6.07, 6.45) is 12.4. The van der Waals surface area contributed by atoms with Gasteiger partial charge in [-0.15, -0.1) is 45.3 Å². The Morgan fingerprint density at radius 2 is 1.17 bits per heavy atom. The Kier molecular flexibility index (Phi) is 9.90. The number of nitrogens with zero attached hydrogens (tertiary/aromatic N) is 2. The number of aromatic nitrogens is 2. The number of fused-ring (bicyclic) bond motifs is 3. The number of hydrogen-bond acceptors (Lipinski definition) is 8. The van der Waals surface area contributed by atoms with Crippen LogP contribution in [0.25, 0.3) is 70.5 Å². The van der Waals surface area contributed by atoms with Gasteiger partial charge in [-0.1, -0.05) is 124 Å². The van der Waals surface area contributed by atoms with Crippen molar-refractivity contribution in [2.24, 2.45) is 0 Å². The summed E-state index contributed by atoms with van der Waals surface area (Å²) in [6.45, 7) is 4.57. The van der Waals surface area contributed by atoms with Crippen molar-refractivity contribution in [1.29, 1.82) is 0 Å². The average Bonchev–Trinajstić information content (AvgIpc) is 3.95. The molecule has 8 aromatic rings. The van der Waals surface area contributed by atoms with Crippen LogP contribution >= 0.6 is 68.0 Å². The van der Waals surface area contributed by atoms with Gasteiger partial charge in [-0.25, -0.2) is 9.97 Å². The van der Waals surface area contributed by atoms with Crippen LogP contribution in [-0.4, -0.2) is 9.97 Å². The molecule has 6 heterocycles. The van der Waals surface area contributed by atoms with Crippen LogP contribution < -0.4 is 0 Å². The molecule has 8 heteroatoms. The Hall–Kier alpha value is -2.72. The number of aryl methyl sites for hydroxylation is 2. The molecule has 2 aromatic carbocycles. The van der Waals surface area contributed by atoms with E-state index in [2.05, 4.69) is 85.3 Å². The first-order valence-electron chi connectivity index (χ1n) is 17.2. The maximum absolute atomic E-state index is 5.28. The molecule has 0 amide bonds. The van der Waals surface area contributed by atoms with Crippen molar-refractivity contribution >= 4 is 99.2 Å². The third-order valence-corrected chi connectivity index (χ3v) is 16.1. The SMILES string of the molecule is CCCCCCc1ccsc1-c1nc2sc(-c3sc(-c4sc(-c5scc6ccccc56)c5ccccc45)cc3CCCCCC)nc2s1. The van der Waals surface area contributed by atoms with E-state index in [9.17, 15) is 0 Å². The van der Waals surface area contributed by atoms with Crippen molar-refractivity contribution in [3.8, 4) is 39.3 Å². The summed E-state index contributed by atoms with van der Waals surface area (Å²) in [5.74, 6) is 0. The molecule has 48 heavy (non-hydrogen) atoms. The molecule has 2 nitrogen and oxygen atoms in total. The minimum absolute atomic E-state index is 1.08. The third-order valence-electron chi connectivity index (χ3n) is 9.08. The van der Waals surface area contributed by atoms with Crippen molar-refractivity contribution in [1.82, 2.24) is 9.97 Å². The highest BCUT2D eigenvalue weighted by molar-refractivity contribution is 7.33. The van der Waals surface area contributed by atoms with E-state index >= 15 is 0 Å². The molecule has 0 aliphatic heterocycles. The molecule has 0 aliphatic carbocycles. The van der Waals surface area contributed by atoms with Gasteiger partial charge in [-0.05, 0) is 65.1 Å². The van der Waals surface area contributed by atoms with E-state index < -0.39 is 0 Å². The van der Waals surface area contributed by atoms with Crippen molar-refractivity contribution in [3.05, 3.63) is 82.6 Å². The highest BCUT2D eigenvalue weighted by atomic mass is 32.1. The molecule has 0 aliphatic rings. The van der Waals surface area contributed by atoms with Gasteiger partial charge in [0, 0.05) is 21.0 Å². The quantitative estimate of drug-likeness (QED) is 0.104. The van der Waals surface area contributed by atoms with Crippen LogP contribution in [0.2, 0.25) is 0 Å². The molecular weight excluding hydrogens is 701 g/mol. The minimum atomic E-state index is 1.08. The molecule has 0 spiro atoms. The topological polar surface area (TPSA) is 25.8 Å². The van der Waals surface area contributed by atoms with Gasteiger partial charge in [-0.2, -0.15) is 0 Å². The van der Waals surface area contributed by atoms with Crippen LogP contribution in [0.4, 0.5) is 0 Å². The lowest BCUT2D eigenvalue weighted by Gasteiger charge is -2.02. The number of thiophene rings is 4. The van der Waals surface area contributed by atoms with E-state index in [-0.39, 0.29) is 0 Å². The molecule has 0 radical (unpaired) electrons. The van der Waals surface area contributed by atoms with Crippen LogP contribution in [0.3, 0.4) is 0 Å². The summed E-state index contributed by atoms with van der Waals surface area (Å²) in [7, 11) is 0. The summed E-state index contributed by atoms with van der Waals surface area (Å²) in [4.78, 5) is 20.8. The molecular formula is C40H38N2S6. The number of rotatable bonds is 14. The second-order valence-corrected chi connectivity index (χ2v) is 18.3. The number of unbranched alkanes of at least 4 members (excludes halogenated alkanes) is 6. The summed E-state index contributed by atoms with van der Waals surface area (Å²) >= 11 is 11.2. The highest BCUT2D eigenvalue weighted by Crippen LogP contribution is 2.51. The second kappa shape index (κ2) is 14.6. The Morgan fingerprint density at radius 1 is 0.521 bits per heavy atom. The molecule has 0 saturated heterocycles. The molecule has 0 saturated carbocycles. The normalized spacial score (nSPS) is 12.0. The monoisotopic (exact) mass is 738 g/mol. The Bertz CT molecular complexity index is 2270. The zero-order valence-corrected chi connectivity index (χ0v) is 32.2. The van der Waals surface area contributed by atoms with E-state index in [1.54, 1.807) is 22.7 Å². The molecule has 244 valence electrons. The lowest BCUT2D eigenvalue weighted by Crippen LogP contribution is -1.86. The van der Waals surface area contributed by atoms with Crippen LogP contribution in [0.5, 0.6) is 0 Å². The van der Waals surface area contributed by atoms with E-state index in [1.807, 2.05) is 45.3 Å². The molecule has 0 fully saturated rings. The maximum Gasteiger partial charge on any atom is 0.155 e. The Morgan fingerprint density at radius 3 is 1.90 bits per heavy atom. The lowest BCUT2D eigenvalue weighted by molar-refractivity contribution is 0.668. The van der Waals surface area contributed by atoms with E-state index in [0.29, 0.717) is 0 Å². The van der Waals surface area contributed by atoms with Gasteiger partial charge < -0.3 is 0 Å². The van der Waals surface area contributed by atoms with Crippen LogP contribution in [0.15, 0.2) is 71.4 Å². The van der Waals surface area contributed by atoms with E-state index in [4.69, 9.17) is 9.97 Å². The van der Waals surface area contributed by atoms with Crippen LogP contribution in [-0.2, 0) is 12.8 Å². The predicted octanol–water partition coefficient (Wildman–Crippen LogP) is 15.2. The molecule has 0 atom stereocenters. The van der Waals surface area contributed by atoms with Gasteiger partial charge in [0.1, 0.15) is 10.0 Å². The zero-order valence-electron chi connectivity index (χ0n) is 27.3. The highest BCUT2D eigenvalue weighted by Gasteiger charge is 2.23. The fourth-order valence-electron chi connectivity index (χ4n) is 6.56. The van der Waals surface area contributed by atoms with Gasteiger partial charge in [0.25, 0.3) is 0 Å². The summed E-state index contributed by atoms with van der Waals surface area (Å²) in [5, 5.41) is 12.2. The fraction of sp³-hybridized carbons (Fsp3) is 0.300. The molecule has 6 aromatic heterocycles. The van der Waals surface area contributed by atoms with Crippen molar-refractivity contribution < 1.29 is 0 Å². The standard InChI is InChI=1S/C40H38N2S6/c1-3-5-7-9-15-25-21-22-43-32(25)37-41-39-40(47-37)42-38(48-39)33-26(16-10-8-6-4-2)23-31(45-33)34-29-19-13-14-20-30(29)36(46-34)35-28-18-12-11-17-27(28)24-44-35/h11-14,17-24H,3-10,15-16H2,1-2H3. The van der Waals surface area contributed by atoms with Gasteiger partial charge in [-0.3, -0.25) is 0 Å². The summed E-state index contributed by atoms with van der Waals surface area (Å²) < 4.78 is 0. The Labute approximate surface area is 306 Å². The smallest absolute Gasteiger partial charge is 0.155 e. The zero-order chi connectivity index (χ0) is 32.5. The number of thiazole rings is 2. The van der Waals surface area contributed by atoms with Crippen LogP contribution in [0, 0.1) is 0 Å². The van der Waals surface area contributed by atoms with E-state index in [0.717, 1.165) is 32.5 Å². The van der Waals surface area contributed by atoms with Crippen molar-refractivity contribution in [2.75, 3.05) is 0 Å². The molecule has 8 rings (SSSR count). The Balaban J connectivity index is 1.16. The fourth-order valence-corrected chi connectivity index (χ4v) is 13.6.